The standard InChI is InChI=1S/C14H20N2OS/c1-2-12-13(9-17)18-14(15-12)16-7-10-4-3-5-11(6-10)8-16/h9-11H,2-8H2,1H3. The number of hydrogen-bond donors (Lipinski definition) is 0. The third-order valence-electron chi connectivity index (χ3n) is 4.28. The number of hydrogen-bond acceptors (Lipinski definition) is 4. The molecule has 0 amide bonds. The average Bonchev–Trinajstić information content (AvgIpc) is 2.81. The lowest BCUT2D eigenvalue weighted by Crippen LogP contribution is -2.42. The number of nitrogens with zero attached hydrogens (tertiary/aromatic N) is 2. The minimum Gasteiger partial charge on any atom is -0.348 e. The van der Waals surface area contributed by atoms with E-state index in [4.69, 9.17) is 0 Å². The van der Waals surface area contributed by atoms with E-state index in [1.54, 1.807) is 11.3 Å². The molecule has 2 unspecified atom stereocenters. The van der Waals surface area contributed by atoms with Gasteiger partial charge in [0.1, 0.15) is 0 Å². The highest BCUT2D eigenvalue weighted by atomic mass is 32.1. The van der Waals surface area contributed by atoms with E-state index in [-0.39, 0.29) is 0 Å². The van der Waals surface area contributed by atoms with Gasteiger partial charge in [-0.15, -0.1) is 0 Å². The van der Waals surface area contributed by atoms with E-state index in [9.17, 15) is 4.79 Å². The van der Waals surface area contributed by atoms with E-state index in [0.717, 1.165) is 53.3 Å². The second-order valence-corrected chi connectivity index (χ2v) is 6.59. The number of anilines is 1. The predicted molar refractivity (Wildman–Crippen MR) is 74.5 cm³/mol. The van der Waals surface area contributed by atoms with Crippen molar-refractivity contribution in [3.8, 4) is 0 Å². The molecule has 0 spiro atoms. The molecule has 2 heterocycles. The summed E-state index contributed by atoms with van der Waals surface area (Å²) in [4.78, 5) is 18.9. The lowest BCUT2D eigenvalue weighted by Gasteiger charge is -2.41. The van der Waals surface area contributed by atoms with Crippen molar-refractivity contribution in [2.75, 3.05) is 18.0 Å². The number of thiazole rings is 1. The zero-order valence-corrected chi connectivity index (χ0v) is 11.7. The highest BCUT2D eigenvalue weighted by Gasteiger charge is 2.31. The number of fused-ring (bicyclic) bond motifs is 2. The van der Waals surface area contributed by atoms with Crippen LogP contribution in [0.1, 0.15) is 48.0 Å². The van der Waals surface area contributed by atoms with Gasteiger partial charge >= 0.3 is 0 Å². The predicted octanol–water partition coefficient (Wildman–Crippen LogP) is 3.14. The maximum atomic E-state index is 11.0. The molecule has 1 saturated heterocycles. The number of carbonyl (C=O) groups excluding carboxylic acids is 1. The Kier molecular flexibility index (Phi) is 3.37. The Balaban J connectivity index is 1.81. The summed E-state index contributed by atoms with van der Waals surface area (Å²) in [6.07, 6.45) is 7.37. The molecule has 0 radical (unpaired) electrons. The smallest absolute Gasteiger partial charge is 0.186 e. The molecule has 2 atom stereocenters. The second kappa shape index (κ2) is 5.00. The first kappa shape index (κ1) is 12.2. The Hall–Kier alpha value is -0.900. The van der Waals surface area contributed by atoms with Gasteiger partial charge in [0.25, 0.3) is 0 Å². The van der Waals surface area contributed by atoms with Crippen LogP contribution in [0.25, 0.3) is 0 Å². The van der Waals surface area contributed by atoms with E-state index in [1.165, 1.54) is 25.7 Å². The van der Waals surface area contributed by atoms with E-state index in [0.29, 0.717) is 0 Å². The zero-order chi connectivity index (χ0) is 12.5. The van der Waals surface area contributed by atoms with Crippen LogP contribution in [0.3, 0.4) is 0 Å². The van der Waals surface area contributed by atoms with Crippen molar-refractivity contribution in [1.82, 2.24) is 4.98 Å². The fourth-order valence-corrected chi connectivity index (χ4v) is 4.41. The monoisotopic (exact) mass is 264 g/mol. The molecule has 2 fully saturated rings. The summed E-state index contributed by atoms with van der Waals surface area (Å²) in [6, 6.07) is 0. The van der Waals surface area contributed by atoms with Crippen LogP contribution in [-0.4, -0.2) is 24.4 Å². The third-order valence-corrected chi connectivity index (χ3v) is 5.36. The van der Waals surface area contributed by atoms with Gasteiger partial charge in [0.2, 0.25) is 0 Å². The van der Waals surface area contributed by atoms with Crippen LogP contribution >= 0.6 is 11.3 Å². The summed E-state index contributed by atoms with van der Waals surface area (Å²) in [7, 11) is 0. The molecule has 1 saturated carbocycles. The van der Waals surface area contributed by atoms with Crippen LogP contribution < -0.4 is 4.90 Å². The number of rotatable bonds is 3. The van der Waals surface area contributed by atoms with Crippen LogP contribution in [0, 0.1) is 11.8 Å². The van der Waals surface area contributed by atoms with Gasteiger partial charge in [-0.25, -0.2) is 4.98 Å². The number of aldehydes is 1. The van der Waals surface area contributed by atoms with E-state index in [2.05, 4.69) is 16.8 Å². The highest BCUT2D eigenvalue weighted by Crippen LogP contribution is 2.37. The van der Waals surface area contributed by atoms with Gasteiger partial charge < -0.3 is 4.90 Å². The number of aromatic nitrogens is 1. The summed E-state index contributed by atoms with van der Waals surface area (Å²) in [5.74, 6) is 1.71. The maximum absolute atomic E-state index is 11.0. The summed E-state index contributed by atoms with van der Waals surface area (Å²) in [5, 5.41) is 1.07. The second-order valence-electron chi connectivity index (χ2n) is 5.58. The van der Waals surface area contributed by atoms with Crippen LogP contribution in [0.2, 0.25) is 0 Å². The topological polar surface area (TPSA) is 33.2 Å². The highest BCUT2D eigenvalue weighted by molar-refractivity contribution is 7.17. The summed E-state index contributed by atoms with van der Waals surface area (Å²) < 4.78 is 0. The van der Waals surface area contributed by atoms with Crippen LogP contribution in [0.4, 0.5) is 5.13 Å². The van der Waals surface area contributed by atoms with Gasteiger partial charge in [-0.3, -0.25) is 4.79 Å². The molecule has 1 aliphatic carbocycles. The van der Waals surface area contributed by atoms with Crippen molar-refractivity contribution in [1.29, 1.82) is 0 Å². The summed E-state index contributed by atoms with van der Waals surface area (Å²) in [5.41, 5.74) is 0.973. The van der Waals surface area contributed by atoms with E-state index < -0.39 is 0 Å². The molecule has 18 heavy (non-hydrogen) atoms. The van der Waals surface area contributed by atoms with Crippen LogP contribution in [0.5, 0.6) is 0 Å². The largest absolute Gasteiger partial charge is 0.348 e. The third kappa shape index (κ3) is 2.18. The molecular formula is C14H20N2OS. The molecule has 1 aliphatic heterocycles. The average molecular weight is 264 g/mol. The Labute approximate surface area is 112 Å². The molecule has 4 heteroatoms. The van der Waals surface area contributed by atoms with Gasteiger partial charge in [0.15, 0.2) is 11.4 Å². The molecule has 0 N–H and O–H groups in total. The fourth-order valence-electron chi connectivity index (χ4n) is 3.42. The van der Waals surface area contributed by atoms with Gasteiger partial charge in [0, 0.05) is 13.1 Å². The first-order chi connectivity index (χ1) is 8.80. The van der Waals surface area contributed by atoms with Crippen molar-refractivity contribution in [3.63, 3.8) is 0 Å². The first-order valence-corrected chi connectivity index (χ1v) is 7.81. The molecule has 1 aromatic heterocycles. The molecule has 2 aliphatic rings. The Bertz CT molecular complexity index is 431. The van der Waals surface area contributed by atoms with Gasteiger partial charge in [0.05, 0.1) is 10.6 Å². The van der Waals surface area contributed by atoms with Gasteiger partial charge in [-0.05, 0) is 37.5 Å². The van der Waals surface area contributed by atoms with Gasteiger partial charge in [-0.2, -0.15) is 0 Å². The SMILES string of the molecule is CCc1nc(N2CC3CCCC(C3)C2)sc1C=O. The van der Waals surface area contributed by atoms with Crippen molar-refractivity contribution in [2.24, 2.45) is 11.8 Å². The van der Waals surface area contributed by atoms with E-state index in [1.807, 2.05) is 0 Å². The molecule has 3 rings (SSSR count). The van der Waals surface area contributed by atoms with E-state index >= 15 is 0 Å². The summed E-state index contributed by atoms with van der Waals surface area (Å²) in [6.45, 7) is 4.35. The van der Waals surface area contributed by atoms with Crippen molar-refractivity contribution in [3.05, 3.63) is 10.6 Å². The molecule has 3 nitrogen and oxygen atoms in total. The molecular weight excluding hydrogens is 244 g/mol. The lowest BCUT2D eigenvalue weighted by atomic mass is 9.78. The van der Waals surface area contributed by atoms with Gasteiger partial charge in [-0.1, -0.05) is 24.7 Å². The minimum absolute atomic E-state index is 0.822. The van der Waals surface area contributed by atoms with Crippen LogP contribution in [-0.2, 0) is 6.42 Å². The number of carbonyl (C=O) groups is 1. The molecule has 0 aromatic carbocycles. The van der Waals surface area contributed by atoms with Crippen molar-refractivity contribution in [2.45, 2.75) is 39.0 Å². The first-order valence-electron chi connectivity index (χ1n) is 7.00. The number of piperidine rings is 1. The molecule has 2 bridgehead atoms. The maximum Gasteiger partial charge on any atom is 0.186 e. The summed E-state index contributed by atoms with van der Waals surface area (Å²) >= 11 is 1.58. The fraction of sp³-hybridized carbons (Fsp3) is 0.714. The zero-order valence-electron chi connectivity index (χ0n) is 10.9. The lowest BCUT2D eigenvalue weighted by molar-refractivity contribution is 0.112. The van der Waals surface area contributed by atoms with Crippen LogP contribution in [0.15, 0.2) is 0 Å². The Morgan fingerprint density at radius 2 is 2.11 bits per heavy atom. The Morgan fingerprint density at radius 1 is 1.39 bits per heavy atom. The molecule has 98 valence electrons. The molecule has 1 aromatic rings. The normalized spacial score (nSPS) is 27.3. The van der Waals surface area contributed by atoms with Crippen molar-refractivity contribution >= 4 is 22.8 Å². The minimum atomic E-state index is 0.822. The number of aryl methyl sites for hydroxylation is 1. The quantitative estimate of drug-likeness (QED) is 0.786. The van der Waals surface area contributed by atoms with Crippen molar-refractivity contribution < 1.29 is 4.79 Å². The Morgan fingerprint density at radius 3 is 2.67 bits per heavy atom.